The van der Waals surface area contributed by atoms with Gasteiger partial charge in [-0.05, 0) is 32.4 Å². The highest BCUT2D eigenvalue weighted by molar-refractivity contribution is 6.91. The molecule has 4 nitrogen and oxygen atoms in total. The van der Waals surface area contributed by atoms with Crippen LogP contribution in [0.2, 0.25) is 43.8 Å². The van der Waals surface area contributed by atoms with Crippen molar-refractivity contribution in [2.75, 3.05) is 26.4 Å². The Morgan fingerprint density at radius 2 is 1.12 bits per heavy atom. The van der Waals surface area contributed by atoms with E-state index in [4.69, 9.17) is 13.3 Å². The maximum absolute atomic E-state index is 6.07. The molecule has 0 aromatic rings. The Bertz CT molecular complexity index is 348. The third-order valence-corrected chi connectivity index (χ3v) is 18.9. The summed E-state index contributed by atoms with van der Waals surface area (Å²) in [6, 6.07) is 0.888. The van der Waals surface area contributed by atoms with Gasteiger partial charge >= 0.3 is 8.80 Å². The Hall–Kier alpha value is 0.491. The standard InChI is InChI=1S/C17H43NO3Si3/c1-12-19-24(20-13-2,21-14-3)16-15-18(22(7,8)9)23(10,11)17(4,5)6/h12-16H2,1-11H3. The van der Waals surface area contributed by atoms with Gasteiger partial charge in [0.25, 0.3) is 0 Å². The minimum Gasteiger partial charge on any atom is -0.374 e. The van der Waals surface area contributed by atoms with E-state index in [0.29, 0.717) is 24.9 Å². The highest BCUT2D eigenvalue weighted by atomic mass is 28.4. The summed E-state index contributed by atoms with van der Waals surface area (Å²) in [5.41, 5.74) is 0. The van der Waals surface area contributed by atoms with Crippen LogP contribution in [0.15, 0.2) is 0 Å². The molecule has 0 atom stereocenters. The summed E-state index contributed by atoms with van der Waals surface area (Å²) in [4.78, 5) is 0. The van der Waals surface area contributed by atoms with Crippen molar-refractivity contribution >= 4 is 25.3 Å². The molecule has 0 saturated carbocycles. The van der Waals surface area contributed by atoms with Gasteiger partial charge in [0.05, 0.1) is 0 Å². The molecule has 0 N–H and O–H groups in total. The molecular weight excluding hydrogens is 350 g/mol. The van der Waals surface area contributed by atoms with Crippen molar-refractivity contribution in [3.05, 3.63) is 0 Å². The Morgan fingerprint density at radius 1 is 0.750 bits per heavy atom. The summed E-state index contributed by atoms with van der Waals surface area (Å²) in [5, 5.41) is 0.334. The fraction of sp³-hybridized carbons (Fsp3) is 1.00. The molecule has 0 radical (unpaired) electrons. The van der Waals surface area contributed by atoms with Gasteiger partial charge in [-0.1, -0.05) is 53.5 Å². The lowest BCUT2D eigenvalue weighted by Crippen LogP contribution is -2.65. The summed E-state index contributed by atoms with van der Waals surface area (Å²) < 4.78 is 21.1. The smallest absolute Gasteiger partial charge is 0.374 e. The molecule has 0 aliphatic rings. The van der Waals surface area contributed by atoms with E-state index in [0.717, 1.165) is 12.6 Å². The molecule has 0 unspecified atom stereocenters. The molecule has 0 aliphatic heterocycles. The predicted molar refractivity (Wildman–Crippen MR) is 113 cm³/mol. The van der Waals surface area contributed by atoms with Crippen molar-refractivity contribution in [3.8, 4) is 0 Å². The molecule has 7 heteroatoms. The van der Waals surface area contributed by atoms with E-state index in [2.05, 4.69) is 57.7 Å². The zero-order valence-electron chi connectivity index (χ0n) is 18.2. The zero-order chi connectivity index (χ0) is 19.2. The lowest BCUT2D eigenvalue weighted by Gasteiger charge is -2.52. The second kappa shape index (κ2) is 9.43. The van der Waals surface area contributed by atoms with Gasteiger partial charge in [0.2, 0.25) is 0 Å². The van der Waals surface area contributed by atoms with E-state index in [9.17, 15) is 0 Å². The van der Waals surface area contributed by atoms with Gasteiger partial charge in [-0.3, -0.25) is 0 Å². The molecule has 0 amide bonds. The quantitative estimate of drug-likeness (QED) is 0.453. The SMILES string of the molecule is CCO[Si](CCN([Si](C)(C)C)[Si](C)(C)C(C)(C)C)(OCC)OCC. The Labute approximate surface area is 154 Å². The molecule has 0 fully saturated rings. The Balaban J connectivity index is 5.49. The predicted octanol–water partition coefficient (Wildman–Crippen LogP) is 5.18. The van der Waals surface area contributed by atoms with Crippen molar-refractivity contribution in [3.63, 3.8) is 0 Å². The highest BCUT2D eigenvalue weighted by Gasteiger charge is 2.48. The van der Waals surface area contributed by atoms with Crippen LogP contribution in [0.5, 0.6) is 0 Å². The third-order valence-electron chi connectivity index (χ3n) is 5.05. The zero-order valence-corrected chi connectivity index (χ0v) is 21.2. The number of rotatable bonds is 11. The van der Waals surface area contributed by atoms with Crippen LogP contribution in [0.1, 0.15) is 41.5 Å². The molecule has 0 aliphatic carbocycles. The van der Waals surface area contributed by atoms with Crippen LogP contribution in [0.4, 0.5) is 0 Å². The number of nitrogens with zero attached hydrogens (tertiary/aromatic N) is 1. The Morgan fingerprint density at radius 3 is 1.38 bits per heavy atom. The first-order chi connectivity index (χ1) is 10.8. The van der Waals surface area contributed by atoms with E-state index in [-0.39, 0.29) is 0 Å². The van der Waals surface area contributed by atoms with Gasteiger partial charge in [0.15, 0.2) is 0 Å². The molecule has 0 bridgehead atoms. The van der Waals surface area contributed by atoms with Crippen molar-refractivity contribution < 1.29 is 13.3 Å². The van der Waals surface area contributed by atoms with Gasteiger partial charge in [-0.15, -0.1) is 0 Å². The van der Waals surface area contributed by atoms with Crippen LogP contribution < -0.4 is 0 Å². The molecular formula is C17H43NO3Si3. The van der Waals surface area contributed by atoms with Crippen LogP contribution >= 0.6 is 0 Å². The average molecular weight is 394 g/mol. The topological polar surface area (TPSA) is 30.9 Å². The van der Waals surface area contributed by atoms with Gasteiger partial charge in [0, 0.05) is 25.9 Å². The van der Waals surface area contributed by atoms with Gasteiger partial charge in [0.1, 0.15) is 16.5 Å². The first-order valence-electron chi connectivity index (χ1n) is 9.47. The fourth-order valence-corrected chi connectivity index (χ4v) is 16.0. The molecule has 0 aromatic carbocycles. The lowest BCUT2D eigenvalue weighted by atomic mass is 10.2. The van der Waals surface area contributed by atoms with Crippen molar-refractivity contribution in [1.82, 2.24) is 4.23 Å². The van der Waals surface area contributed by atoms with Crippen molar-refractivity contribution in [2.45, 2.75) is 85.4 Å². The van der Waals surface area contributed by atoms with E-state index < -0.39 is 25.3 Å². The van der Waals surface area contributed by atoms with Crippen LogP contribution in [-0.2, 0) is 13.3 Å². The normalized spacial score (nSPS) is 14.5. The average Bonchev–Trinajstić information content (AvgIpc) is 2.36. The van der Waals surface area contributed by atoms with E-state index in [1.165, 1.54) is 0 Å². The van der Waals surface area contributed by atoms with E-state index >= 15 is 0 Å². The summed E-state index contributed by atoms with van der Waals surface area (Å²) in [6.45, 7) is 28.7. The molecule has 0 heterocycles. The minimum absolute atomic E-state index is 0.334. The van der Waals surface area contributed by atoms with Gasteiger partial charge in [-0.25, -0.2) is 0 Å². The second-order valence-corrected chi connectivity index (χ2v) is 22.1. The maximum Gasteiger partial charge on any atom is 0.502 e. The fourth-order valence-electron chi connectivity index (χ4n) is 3.11. The molecule has 0 saturated heterocycles. The summed E-state index contributed by atoms with van der Waals surface area (Å²) >= 11 is 0. The van der Waals surface area contributed by atoms with Crippen LogP contribution in [-0.4, -0.2) is 55.9 Å². The van der Waals surface area contributed by atoms with Crippen LogP contribution in [0, 0.1) is 0 Å². The second-order valence-electron chi connectivity index (χ2n) is 8.86. The van der Waals surface area contributed by atoms with E-state index in [1.54, 1.807) is 0 Å². The lowest BCUT2D eigenvalue weighted by molar-refractivity contribution is 0.0707. The van der Waals surface area contributed by atoms with Gasteiger partial charge < -0.3 is 17.5 Å². The summed E-state index contributed by atoms with van der Waals surface area (Å²) in [6.07, 6.45) is 0. The first kappa shape index (κ1) is 24.5. The molecule has 24 heavy (non-hydrogen) atoms. The number of hydrogen-bond acceptors (Lipinski definition) is 4. The van der Waals surface area contributed by atoms with Crippen molar-refractivity contribution in [2.24, 2.45) is 0 Å². The molecule has 146 valence electrons. The van der Waals surface area contributed by atoms with Crippen LogP contribution in [0.25, 0.3) is 0 Å². The molecule has 0 spiro atoms. The molecule has 0 aromatic heterocycles. The van der Waals surface area contributed by atoms with E-state index in [1.807, 2.05) is 20.8 Å². The highest BCUT2D eigenvalue weighted by Crippen LogP contribution is 2.41. The maximum atomic E-state index is 6.07. The molecule has 0 rings (SSSR count). The van der Waals surface area contributed by atoms with Crippen LogP contribution in [0.3, 0.4) is 0 Å². The third kappa shape index (κ3) is 6.66. The number of hydrogen-bond donors (Lipinski definition) is 0. The monoisotopic (exact) mass is 393 g/mol. The van der Waals surface area contributed by atoms with Crippen molar-refractivity contribution in [1.29, 1.82) is 0 Å². The minimum atomic E-state index is -2.57. The summed E-state index contributed by atoms with van der Waals surface area (Å²) in [5.74, 6) is 0. The largest absolute Gasteiger partial charge is 0.502 e. The first-order valence-corrected chi connectivity index (χ1v) is 17.8. The van der Waals surface area contributed by atoms with Gasteiger partial charge in [-0.2, -0.15) is 0 Å². The Kier molecular flexibility index (Phi) is 9.63. The summed E-state index contributed by atoms with van der Waals surface area (Å²) in [7, 11) is -5.61.